The van der Waals surface area contributed by atoms with Gasteiger partial charge >= 0.3 is 173 Å². The molecule has 3 aliphatic heterocycles. The molecule has 3 saturated heterocycles. The Morgan fingerprint density at radius 1 is 1.35 bits per heavy atom. The summed E-state index contributed by atoms with van der Waals surface area (Å²) in [5, 5.41) is 0. The molecule has 0 spiro atoms. The van der Waals surface area contributed by atoms with Crippen LogP contribution in [0.5, 0.6) is 0 Å². The van der Waals surface area contributed by atoms with Gasteiger partial charge in [0.05, 0.1) is 0 Å². The van der Waals surface area contributed by atoms with Crippen molar-refractivity contribution >= 4 is 60.9 Å². The van der Waals surface area contributed by atoms with Crippen molar-refractivity contribution in [1.82, 2.24) is 7.06 Å². The van der Waals surface area contributed by atoms with E-state index in [1.54, 1.807) is 20.8 Å². The van der Waals surface area contributed by atoms with Crippen LogP contribution in [0.15, 0.2) is 0 Å². The predicted octanol–water partition coefficient (Wildman–Crippen LogP) is 1.05. The molecule has 5 aliphatic rings. The Balaban J connectivity index is 1.35. The van der Waals surface area contributed by atoms with Gasteiger partial charge in [0, 0.05) is 0 Å². The van der Waals surface area contributed by atoms with Crippen LogP contribution in [0.2, 0.25) is 0 Å². The number of rotatable bonds is 4. The minimum absolute atomic E-state index is 0.0601. The van der Waals surface area contributed by atoms with E-state index in [9.17, 15) is 14.4 Å². The van der Waals surface area contributed by atoms with E-state index in [2.05, 4.69) is 29.7 Å². The van der Waals surface area contributed by atoms with Crippen LogP contribution >= 0.6 is 43.0 Å². The van der Waals surface area contributed by atoms with Crippen molar-refractivity contribution in [1.29, 1.82) is 0 Å². The fraction of sp³-hybridized carbons (Fsp3) is 0.812. The molecule has 2 bridgehead atoms. The van der Waals surface area contributed by atoms with Crippen LogP contribution in [0.25, 0.3) is 0 Å². The van der Waals surface area contributed by atoms with Crippen LogP contribution in [0.4, 0.5) is 0 Å². The molecule has 10 heteroatoms. The number of nitrogens with one attached hydrogen (secondary N) is 2. The SMILES string of the molecule is CC(C)(C)OC(=O)C1C2CC3C(OC(=O)C31)C2OC(=O)C(I)C12NI1N2. The zero-order valence-corrected chi connectivity index (χ0v) is 18.8. The van der Waals surface area contributed by atoms with E-state index in [1.807, 2.05) is 0 Å². The van der Waals surface area contributed by atoms with Crippen molar-refractivity contribution in [2.75, 3.05) is 0 Å². The normalized spacial score (nSPS) is 42.8. The molecule has 8 nitrogen and oxygen atoms in total. The van der Waals surface area contributed by atoms with Crippen LogP contribution in [0.3, 0.4) is 0 Å². The van der Waals surface area contributed by atoms with Gasteiger partial charge in [-0.15, -0.1) is 0 Å². The first kappa shape index (κ1) is 17.9. The summed E-state index contributed by atoms with van der Waals surface area (Å²) < 4.78 is 23.0. The quantitative estimate of drug-likeness (QED) is 0.0949. The standard InChI is InChI=1S/C16H20I2N2O6/c1-15(2,3)26-13(22)8-6-4-5-7(8)12(21)24-9(5)10(6)25-14(23)11(17)16-18(19-16)20-16/h5-11,19-20H,4H2,1-3H3. The molecule has 2 N–H and O–H groups in total. The monoisotopic (exact) mass is 590 g/mol. The van der Waals surface area contributed by atoms with Crippen molar-refractivity contribution in [3.05, 3.63) is 0 Å². The van der Waals surface area contributed by atoms with Crippen molar-refractivity contribution in [3.63, 3.8) is 0 Å². The summed E-state index contributed by atoms with van der Waals surface area (Å²) in [5.41, 5.74) is -0.630. The molecule has 7 unspecified atom stereocenters. The van der Waals surface area contributed by atoms with Gasteiger partial charge in [-0.3, -0.25) is 0 Å². The van der Waals surface area contributed by atoms with Crippen LogP contribution in [0, 0.1) is 23.7 Å². The molecule has 0 aromatic heterocycles. The number of ether oxygens (including phenoxy) is 3. The van der Waals surface area contributed by atoms with Crippen LogP contribution in [-0.4, -0.2) is 43.3 Å². The Morgan fingerprint density at radius 2 is 2.00 bits per heavy atom. The fourth-order valence-corrected chi connectivity index (χ4v) is 12.0. The average molecular weight is 590 g/mol. The number of hydrogen-bond acceptors (Lipinski definition) is 8. The van der Waals surface area contributed by atoms with Crippen molar-refractivity contribution in [2.24, 2.45) is 23.7 Å². The molecule has 0 aromatic carbocycles. The van der Waals surface area contributed by atoms with E-state index >= 15 is 0 Å². The average Bonchev–Trinajstić information content (AvgIpc) is 3.26. The molecular formula is C16H20I2N2O6. The van der Waals surface area contributed by atoms with Gasteiger partial charge in [0.2, 0.25) is 0 Å². The first-order chi connectivity index (χ1) is 12.1. The molecule has 7 atom stereocenters. The van der Waals surface area contributed by atoms with Gasteiger partial charge in [0.25, 0.3) is 0 Å². The summed E-state index contributed by atoms with van der Waals surface area (Å²) in [5.74, 6) is -2.37. The van der Waals surface area contributed by atoms with E-state index in [0.717, 1.165) is 0 Å². The predicted molar refractivity (Wildman–Crippen MR) is 105 cm³/mol. The fourth-order valence-electron chi connectivity index (χ4n) is 4.63. The molecule has 0 amide bonds. The maximum atomic E-state index is 12.7. The molecule has 0 radical (unpaired) electrons. The third kappa shape index (κ3) is 2.47. The summed E-state index contributed by atoms with van der Waals surface area (Å²) in [7, 11) is 0. The number of fused-ring (bicyclic) bond motifs is 2. The first-order valence-corrected chi connectivity index (χ1v) is 13.1. The second kappa shape index (κ2) is 5.44. The van der Waals surface area contributed by atoms with E-state index in [0.29, 0.717) is 6.42 Å². The van der Waals surface area contributed by atoms with Gasteiger partial charge in [-0.25, -0.2) is 0 Å². The topological polar surface area (TPSA) is 123 Å². The Labute approximate surface area is 172 Å². The van der Waals surface area contributed by atoms with Crippen molar-refractivity contribution in [3.8, 4) is 0 Å². The third-order valence-corrected chi connectivity index (χ3v) is 12.9. The molecule has 2 aliphatic carbocycles. The van der Waals surface area contributed by atoms with Crippen molar-refractivity contribution < 1.29 is 28.6 Å². The van der Waals surface area contributed by atoms with Crippen LogP contribution < -0.4 is 7.06 Å². The van der Waals surface area contributed by atoms with Crippen molar-refractivity contribution in [2.45, 2.75) is 52.6 Å². The van der Waals surface area contributed by atoms with Gasteiger partial charge in [0.1, 0.15) is 0 Å². The van der Waals surface area contributed by atoms with Crippen LogP contribution in [-0.2, 0) is 28.6 Å². The number of halogens is 2. The summed E-state index contributed by atoms with van der Waals surface area (Å²) in [6, 6.07) is 0. The number of hydrogen-bond donors (Lipinski definition) is 2. The summed E-state index contributed by atoms with van der Waals surface area (Å²) in [6.45, 7) is 5.41. The zero-order chi connectivity index (χ0) is 18.6. The number of alkyl halides is 2. The summed E-state index contributed by atoms with van der Waals surface area (Å²) in [4.78, 5) is 37.7. The first-order valence-electron chi connectivity index (χ1n) is 8.66. The summed E-state index contributed by atoms with van der Waals surface area (Å²) >= 11 is 0.863. The zero-order valence-electron chi connectivity index (χ0n) is 14.5. The van der Waals surface area contributed by atoms with Gasteiger partial charge in [-0.2, -0.15) is 0 Å². The molecule has 0 aromatic rings. The number of carbonyl (C=O) groups is 3. The molecule has 26 heavy (non-hydrogen) atoms. The number of esters is 3. The van der Waals surface area contributed by atoms with E-state index in [4.69, 9.17) is 14.2 Å². The van der Waals surface area contributed by atoms with Crippen LogP contribution in [0.1, 0.15) is 27.2 Å². The second-order valence-corrected chi connectivity index (χ2v) is 14.1. The molecule has 3 heterocycles. The molecule has 5 rings (SSSR count). The molecular weight excluding hydrogens is 570 g/mol. The van der Waals surface area contributed by atoms with Gasteiger partial charge in [-0.05, 0) is 0 Å². The van der Waals surface area contributed by atoms with Gasteiger partial charge in [-0.1, -0.05) is 0 Å². The van der Waals surface area contributed by atoms with E-state index in [-0.39, 0.29) is 37.3 Å². The third-order valence-electron chi connectivity index (χ3n) is 5.72. The maximum absolute atomic E-state index is 12.7. The Hall–Kier alpha value is -0.210. The van der Waals surface area contributed by atoms with E-state index in [1.165, 1.54) is 0 Å². The Morgan fingerprint density at radius 3 is 2.58 bits per heavy atom. The molecule has 5 fully saturated rings. The second-order valence-electron chi connectivity index (χ2n) is 8.50. The van der Waals surface area contributed by atoms with Gasteiger partial charge < -0.3 is 0 Å². The van der Waals surface area contributed by atoms with E-state index < -0.39 is 50.0 Å². The number of carbonyl (C=O) groups excluding carboxylic acids is 3. The van der Waals surface area contributed by atoms with Gasteiger partial charge in [0.15, 0.2) is 0 Å². The summed E-state index contributed by atoms with van der Waals surface area (Å²) in [6.07, 6.45) is -0.314. The Kier molecular flexibility index (Phi) is 3.74. The molecule has 2 saturated carbocycles. The molecule has 144 valence electrons. The Bertz CT molecular complexity index is 718. The minimum atomic E-state index is -1.24.